The molecule has 7 nitrogen and oxygen atoms in total. The predicted molar refractivity (Wildman–Crippen MR) is 111 cm³/mol. The first-order valence-corrected chi connectivity index (χ1v) is 9.57. The molecule has 0 spiro atoms. The largest absolute Gasteiger partial charge is 0.367 e. The molecule has 11 heteroatoms. The molecule has 29 heavy (non-hydrogen) atoms. The van der Waals surface area contributed by atoms with Crippen molar-refractivity contribution in [1.29, 1.82) is 0 Å². The quantitative estimate of drug-likeness (QED) is 0.341. The van der Waals surface area contributed by atoms with Gasteiger partial charge in [0.15, 0.2) is 0 Å². The first-order valence-electron chi connectivity index (χ1n) is 8.06. The Balaban J connectivity index is 0.000000687. The van der Waals surface area contributed by atoms with Crippen LogP contribution >= 0.6 is 46.4 Å². The van der Waals surface area contributed by atoms with Crippen LogP contribution in [0.1, 0.15) is 17.2 Å². The molecule has 1 aromatic heterocycles. The summed E-state index contributed by atoms with van der Waals surface area (Å²) in [6.07, 6.45) is 4.99. The topological polar surface area (TPSA) is 90.4 Å². The summed E-state index contributed by atoms with van der Waals surface area (Å²) in [6.45, 7) is 0.806. The van der Waals surface area contributed by atoms with Gasteiger partial charge in [-0.05, 0) is 24.3 Å². The highest BCUT2D eigenvalue weighted by Gasteiger charge is 2.18. The van der Waals surface area contributed by atoms with E-state index in [1.54, 1.807) is 42.9 Å². The van der Waals surface area contributed by atoms with Gasteiger partial charge >= 0.3 is 0 Å². The zero-order chi connectivity index (χ0) is 21.4. The molecule has 0 aliphatic heterocycles. The van der Waals surface area contributed by atoms with E-state index in [4.69, 9.17) is 66.5 Å². The van der Waals surface area contributed by atoms with Crippen molar-refractivity contribution >= 4 is 46.4 Å². The summed E-state index contributed by atoms with van der Waals surface area (Å²) in [6, 6.07) is 10.7. The molecule has 0 unspecified atom stereocenters. The lowest BCUT2D eigenvalue weighted by molar-refractivity contribution is -0.742. The van der Waals surface area contributed by atoms with Gasteiger partial charge in [-0.2, -0.15) is 0 Å². The maximum Gasteiger partial charge on any atom is 0.291 e. The van der Waals surface area contributed by atoms with E-state index in [1.165, 1.54) is 0 Å². The van der Waals surface area contributed by atoms with Gasteiger partial charge in [0.05, 0.1) is 19.5 Å². The number of hydrogen-bond donors (Lipinski definition) is 1. The third-order valence-electron chi connectivity index (χ3n) is 3.74. The lowest BCUT2D eigenvalue weighted by atomic mass is 10.1. The average molecular weight is 479 g/mol. The number of benzene rings is 2. The number of aromatic nitrogens is 2. The van der Waals surface area contributed by atoms with Crippen LogP contribution < -0.4 is 0 Å². The van der Waals surface area contributed by atoms with E-state index in [0.29, 0.717) is 26.6 Å². The molecule has 3 rings (SSSR count). The van der Waals surface area contributed by atoms with E-state index in [1.807, 2.05) is 16.8 Å². The summed E-state index contributed by atoms with van der Waals surface area (Å²) in [5.41, 5.74) is 1.58. The van der Waals surface area contributed by atoms with Crippen LogP contribution in [0.3, 0.4) is 0 Å². The Kier molecular flexibility index (Phi) is 9.00. The molecule has 0 aliphatic carbocycles. The molecule has 0 fully saturated rings. The highest BCUT2D eigenvalue weighted by atomic mass is 35.5. The molecule has 2 aromatic carbocycles. The molecule has 1 atom stereocenters. The number of rotatable bonds is 6. The molecular weight excluding hydrogens is 464 g/mol. The van der Waals surface area contributed by atoms with Crippen molar-refractivity contribution in [2.75, 3.05) is 0 Å². The van der Waals surface area contributed by atoms with Crippen LogP contribution in [0.2, 0.25) is 20.1 Å². The average Bonchev–Trinajstić information content (AvgIpc) is 3.13. The Morgan fingerprint density at radius 2 is 1.79 bits per heavy atom. The van der Waals surface area contributed by atoms with Crippen molar-refractivity contribution in [3.63, 3.8) is 0 Å². The van der Waals surface area contributed by atoms with Crippen LogP contribution in [0.15, 0.2) is 55.1 Å². The van der Waals surface area contributed by atoms with Gasteiger partial charge in [-0.3, -0.25) is 0 Å². The van der Waals surface area contributed by atoms with E-state index in [0.717, 1.165) is 11.1 Å². The standard InChI is InChI=1S/C18H14Cl4N2O.HNO3/c19-12-4-5-13(17(22)8-12)18(9-24-7-6-23-11-24)25-10-14-15(20)2-1-3-16(14)21;2-1(3)4/h1-8,11,18H,9-10H2;(H,2,3,4)/t18-;/m1./s1. The van der Waals surface area contributed by atoms with Gasteiger partial charge in [0.25, 0.3) is 5.09 Å². The Bertz CT molecular complexity index is 930. The lowest BCUT2D eigenvalue weighted by Crippen LogP contribution is -2.13. The Labute approximate surface area is 186 Å². The van der Waals surface area contributed by atoms with Crippen molar-refractivity contribution in [3.8, 4) is 0 Å². The first kappa shape index (κ1) is 23.3. The molecule has 1 heterocycles. The van der Waals surface area contributed by atoms with E-state index >= 15 is 0 Å². The lowest BCUT2D eigenvalue weighted by Gasteiger charge is -2.21. The smallest absolute Gasteiger partial charge is 0.291 e. The Hall–Kier alpha value is -2.03. The normalized spacial score (nSPS) is 11.4. The zero-order valence-corrected chi connectivity index (χ0v) is 17.7. The van der Waals surface area contributed by atoms with E-state index in [9.17, 15) is 0 Å². The number of ether oxygens (including phenoxy) is 1. The molecule has 154 valence electrons. The maximum absolute atomic E-state index is 8.36. The molecule has 0 saturated carbocycles. The predicted octanol–water partition coefficient (Wildman–Crippen LogP) is 6.11. The van der Waals surface area contributed by atoms with Gasteiger partial charge in [-0.1, -0.05) is 58.5 Å². The second kappa shape index (κ2) is 11.2. The summed E-state index contributed by atoms with van der Waals surface area (Å²) < 4.78 is 8.05. The SMILES string of the molecule is Clc1ccc([C@@H](Cn2ccnc2)OCc2c(Cl)cccc2Cl)c(Cl)c1.O=[N+]([O-])O. The van der Waals surface area contributed by atoms with Gasteiger partial charge in [-0.15, -0.1) is 10.1 Å². The van der Waals surface area contributed by atoms with Crippen LogP contribution in [0, 0.1) is 10.1 Å². The summed E-state index contributed by atoms with van der Waals surface area (Å²) >= 11 is 24.8. The summed E-state index contributed by atoms with van der Waals surface area (Å²) in [7, 11) is 0. The molecule has 0 amide bonds. The minimum absolute atomic E-state index is 0.261. The van der Waals surface area contributed by atoms with Gasteiger partial charge in [0.1, 0.15) is 6.10 Å². The molecule has 0 bridgehead atoms. The van der Waals surface area contributed by atoms with Crippen LogP contribution in [-0.2, 0) is 17.9 Å². The Morgan fingerprint density at radius 3 is 2.34 bits per heavy atom. The number of imidazole rings is 1. The molecule has 3 aromatic rings. The number of nitrogens with zero attached hydrogens (tertiary/aromatic N) is 3. The summed E-state index contributed by atoms with van der Waals surface area (Å²) in [5, 5.41) is 15.9. The highest BCUT2D eigenvalue weighted by molar-refractivity contribution is 6.36. The third kappa shape index (κ3) is 7.38. The molecular formula is C18H15Cl4N3O4. The Morgan fingerprint density at radius 1 is 1.14 bits per heavy atom. The van der Waals surface area contributed by atoms with E-state index < -0.39 is 5.09 Å². The van der Waals surface area contributed by atoms with Gasteiger partial charge in [-0.25, -0.2) is 4.98 Å². The molecule has 0 saturated heterocycles. The van der Waals surface area contributed by atoms with Crippen molar-refractivity contribution in [2.45, 2.75) is 19.3 Å². The van der Waals surface area contributed by atoms with Crippen LogP contribution in [0.25, 0.3) is 0 Å². The van der Waals surface area contributed by atoms with Gasteiger partial charge in [0.2, 0.25) is 0 Å². The van der Waals surface area contributed by atoms with E-state index in [-0.39, 0.29) is 12.7 Å². The van der Waals surface area contributed by atoms with Crippen molar-refractivity contribution in [2.24, 2.45) is 0 Å². The van der Waals surface area contributed by atoms with Crippen molar-refractivity contribution in [1.82, 2.24) is 9.55 Å². The fraction of sp³-hybridized carbons (Fsp3) is 0.167. The minimum Gasteiger partial charge on any atom is -0.367 e. The number of halogens is 4. The second-order valence-electron chi connectivity index (χ2n) is 5.66. The summed E-state index contributed by atoms with van der Waals surface area (Å²) in [4.78, 5) is 12.4. The van der Waals surface area contributed by atoms with Crippen LogP contribution in [0.4, 0.5) is 0 Å². The molecule has 0 aliphatic rings. The van der Waals surface area contributed by atoms with Crippen LogP contribution in [-0.4, -0.2) is 19.8 Å². The minimum atomic E-state index is -1.50. The monoisotopic (exact) mass is 477 g/mol. The van der Waals surface area contributed by atoms with Crippen LogP contribution in [0.5, 0.6) is 0 Å². The summed E-state index contributed by atoms with van der Waals surface area (Å²) in [5.74, 6) is 0. The third-order valence-corrected chi connectivity index (χ3v) is 5.01. The maximum atomic E-state index is 8.36. The number of hydrogen-bond acceptors (Lipinski definition) is 4. The van der Waals surface area contributed by atoms with Crippen molar-refractivity contribution < 1.29 is 15.0 Å². The van der Waals surface area contributed by atoms with E-state index in [2.05, 4.69) is 4.98 Å². The molecule has 1 N–H and O–H groups in total. The fourth-order valence-corrected chi connectivity index (χ4v) is 3.48. The van der Waals surface area contributed by atoms with Gasteiger partial charge in [0, 0.05) is 43.6 Å². The molecule has 0 radical (unpaired) electrons. The second-order valence-corrected chi connectivity index (χ2v) is 7.32. The van der Waals surface area contributed by atoms with Crippen molar-refractivity contribution in [3.05, 3.63) is 96.5 Å². The van der Waals surface area contributed by atoms with Gasteiger partial charge < -0.3 is 14.5 Å². The first-order chi connectivity index (χ1) is 13.8. The highest BCUT2D eigenvalue weighted by Crippen LogP contribution is 2.32. The zero-order valence-electron chi connectivity index (χ0n) is 14.7. The fourth-order valence-electron chi connectivity index (χ4n) is 2.44.